The van der Waals surface area contributed by atoms with Crippen molar-refractivity contribution in [1.29, 1.82) is 0 Å². The van der Waals surface area contributed by atoms with Gasteiger partial charge in [0.05, 0.1) is 0 Å². The molecule has 1 nitrogen and oxygen atoms in total. The topological polar surface area (TPSA) is 3.24 Å². The molecule has 0 bridgehead atoms. The number of nitrogens with zero attached hydrogens (tertiary/aromatic N) is 1. The van der Waals surface area contributed by atoms with Crippen LogP contribution in [0.2, 0.25) is 0 Å². The fourth-order valence-corrected chi connectivity index (χ4v) is 3.85. The molecule has 2 atom stereocenters. The molecular formula is C13H21N. The van der Waals surface area contributed by atoms with Gasteiger partial charge in [0.2, 0.25) is 0 Å². The predicted octanol–water partition coefficient (Wildman–Crippen LogP) is 3.11. The summed E-state index contributed by atoms with van der Waals surface area (Å²) >= 11 is 0. The van der Waals surface area contributed by atoms with E-state index in [1.807, 2.05) is 11.1 Å². The van der Waals surface area contributed by atoms with E-state index in [4.69, 9.17) is 0 Å². The van der Waals surface area contributed by atoms with Gasteiger partial charge in [-0.25, -0.2) is 0 Å². The first-order chi connectivity index (χ1) is 6.88. The summed E-state index contributed by atoms with van der Waals surface area (Å²) in [7, 11) is 2.36. The van der Waals surface area contributed by atoms with Crippen LogP contribution in [0.3, 0.4) is 0 Å². The van der Waals surface area contributed by atoms with Crippen molar-refractivity contribution in [3.8, 4) is 0 Å². The van der Waals surface area contributed by atoms with Crippen molar-refractivity contribution in [1.82, 2.24) is 4.90 Å². The Morgan fingerprint density at radius 2 is 1.36 bits per heavy atom. The van der Waals surface area contributed by atoms with E-state index in [-0.39, 0.29) is 0 Å². The number of hydrogen-bond donors (Lipinski definition) is 0. The lowest BCUT2D eigenvalue weighted by molar-refractivity contribution is 0.206. The average Bonchev–Trinajstić information content (AvgIpc) is 2.55. The lowest BCUT2D eigenvalue weighted by Crippen LogP contribution is -2.36. The van der Waals surface area contributed by atoms with Crippen molar-refractivity contribution in [2.45, 2.75) is 63.5 Å². The molecule has 2 saturated carbocycles. The maximum Gasteiger partial charge on any atom is 0.0313 e. The van der Waals surface area contributed by atoms with Crippen LogP contribution in [0.5, 0.6) is 0 Å². The SMILES string of the molecule is CN1[C@H]2CCCCC2=C2CCCC[C@@H]21. The van der Waals surface area contributed by atoms with Crippen molar-refractivity contribution in [3.63, 3.8) is 0 Å². The van der Waals surface area contributed by atoms with Gasteiger partial charge in [0.25, 0.3) is 0 Å². The van der Waals surface area contributed by atoms with Crippen LogP contribution >= 0.6 is 0 Å². The Kier molecular flexibility index (Phi) is 2.16. The average molecular weight is 191 g/mol. The van der Waals surface area contributed by atoms with E-state index in [0.29, 0.717) is 0 Å². The van der Waals surface area contributed by atoms with Gasteiger partial charge in [0.1, 0.15) is 0 Å². The second kappa shape index (κ2) is 3.37. The molecule has 78 valence electrons. The van der Waals surface area contributed by atoms with Gasteiger partial charge in [-0.1, -0.05) is 24.0 Å². The standard InChI is InChI=1S/C13H21N/c1-14-12-8-4-2-6-10(12)11-7-3-5-9-13(11)14/h12-13H,2-9H2,1H3/t12-,13-/m0/s1. The van der Waals surface area contributed by atoms with Gasteiger partial charge in [-0.2, -0.15) is 0 Å². The summed E-state index contributed by atoms with van der Waals surface area (Å²) < 4.78 is 0. The van der Waals surface area contributed by atoms with Crippen LogP contribution < -0.4 is 0 Å². The highest BCUT2D eigenvalue weighted by Gasteiger charge is 2.39. The van der Waals surface area contributed by atoms with Gasteiger partial charge in [-0.05, 0) is 45.6 Å². The zero-order valence-electron chi connectivity index (χ0n) is 9.26. The fraction of sp³-hybridized carbons (Fsp3) is 0.846. The van der Waals surface area contributed by atoms with E-state index in [1.54, 1.807) is 0 Å². The van der Waals surface area contributed by atoms with Gasteiger partial charge in [0.15, 0.2) is 0 Å². The largest absolute Gasteiger partial charge is 0.293 e. The highest BCUT2D eigenvalue weighted by molar-refractivity contribution is 5.33. The molecule has 0 aromatic rings. The maximum absolute atomic E-state index is 2.68. The summed E-state index contributed by atoms with van der Waals surface area (Å²) in [5, 5.41) is 0. The Morgan fingerprint density at radius 1 is 0.857 bits per heavy atom. The molecule has 0 amide bonds. The van der Waals surface area contributed by atoms with Crippen LogP contribution in [0.25, 0.3) is 0 Å². The summed E-state index contributed by atoms with van der Waals surface area (Å²) in [6.07, 6.45) is 11.5. The summed E-state index contributed by atoms with van der Waals surface area (Å²) in [6.45, 7) is 0. The Hall–Kier alpha value is -0.300. The van der Waals surface area contributed by atoms with E-state index in [0.717, 1.165) is 12.1 Å². The summed E-state index contributed by atoms with van der Waals surface area (Å²) in [5.74, 6) is 0. The second-order valence-electron chi connectivity index (χ2n) is 5.24. The Morgan fingerprint density at radius 3 is 1.86 bits per heavy atom. The van der Waals surface area contributed by atoms with Gasteiger partial charge >= 0.3 is 0 Å². The number of hydrogen-bond acceptors (Lipinski definition) is 1. The summed E-state index contributed by atoms with van der Waals surface area (Å²) in [4.78, 5) is 2.68. The van der Waals surface area contributed by atoms with Crippen molar-refractivity contribution < 1.29 is 0 Å². The summed E-state index contributed by atoms with van der Waals surface area (Å²) in [5.41, 5.74) is 3.73. The van der Waals surface area contributed by atoms with E-state index in [9.17, 15) is 0 Å². The third kappa shape index (κ3) is 1.18. The van der Waals surface area contributed by atoms with Crippen molar-refractivity contribution in [2.75, 3.05) is 7.05 Å². The molecule has 2 aliphatic carbocycles. The maximum atomic E-state index is 2.68. The molecule has 1 heterocycles. The van der Waals surface area contributed by atoms with Gasteiger partial charge in [-0.3, -0.25) is 4.90 Å². The molecule has 0 spiro atoms. The molecular weight excluding hydrogens is 170 g/mol. The predicted molar refractivity (Wildman–Crippen MR) is 59.3 cm³/mol. The Balaban J connectivity index is 1.94. The third-order valence-electron chi connectivity index (χ3n) is 4.55. The summed E-state index contributed by atoms with van der Waals surface area (Å²) in [6, 6.07) is 1.70. The Labute approximate surface area is 87.2 Å². The number of rotatable bonds is 0. The smallest absolute Gasteiger partial charge is 0.0313 e. The van der Waals surface area contributed by atoms with Crippen LogP contribution in [0.4, 0.5) is 0 Å². The van der Waals surface area contributed by atoms with E-state index in [1.165, 1.54) is 51.4 Å². The van der Waals surface area contributed by atoms with Gasteiger partial charge in [-0.15, -0.1) is 0 Å². The first-order valence-corrected chi connectivity index (χ1v) is 6.31. The van der Waals surface area contributed by atoms with Crippen LogP contribution in [-0.2, 0) is 0 Å². The number of fused-ring (bicyclic) bond motifs is 2. The minimum absolute atomic E-state index is 0.849. The van der Waals surface area contributed by atoms with Crippen molar-refractivity contribution in [3.05, 3.63) is 11.1 Å². The molecule has 0 N–H and O–H groups in total. The minimum atomic E-state index is 0.849. The van der Waals surface area contributed by atoms with Gasteiger partial charge in [0, 0.05) is 12.1 Å². The van der Waals surface area contributed by atoms with Crippen LogP contribution in [0.15, 0.2) is 11.1 Å². The molecule has 1 aliphatic heterocycles. The number of likely N-dealkylation sites (N-methyl/N-ethyl adjacent to an activating group) is 1. The molecule has 1 heteroatoms. The molecule has 14 heavy (non-hydrogen) atoms. The molecule has 2 fully saturated rings. The second-order valence-corrected chi connectivity index (χ2v) is 5.24. The molecule has 0 saturated heterocycles. The minimum Gasteiger partial charge on any atom is -0.293 e. The highest BCUT2D eigenvalue weighted by Crippen LogP contribution is 2.43. The first kappa shape index (κ1) is 8.96. The first-order valence-electron chi connectivity index (χ1n) is 6.31. The fourth-order valence-electron chi connectivity index (χ4n) is 3.85. The third-order valence-corrected chi connectivity index (χ3v) is 4.55. The van der Waals surface area contributed by atoms with Gasteiger partial charge < -0.3 is 0 Å². The quantitative estimate of drug-likeness (QED) is 0.532. The lowest BCUT2D eigenvalue weighted by atomic mass is 9.84. The normalized spacial score (nSPS) is 38.4. The van der Waals surface area contributed by atoms with E-state index < -0.39 is 0 Å². The highest BCUT2D eigenvalue weighted by atomic mass is 15.2. The lowest BCUT2D eigenvalue weighted by Gasteiger charge is -2.31. The molecule has 3 aliphatic rings. The molecule has 0 aromatic carbocycles. The van der Waals surface area contributed by atoms with Crippen LogP contribution in [-0.4, -0.2) is 24.0 Å². The zero-order valence-corrected chi connectivity index (χ0v) is 9.26. The molecule has 3 rings (SSSR count). The van der Waals surface area contributed by atoms with Crippen LogP contribution in [0.1, 0.15) is 51.4 Å². The molecule has 0 radical (unpaired) electrons. The monoisotopic (exact) mass is 191 g/mol. The van der Waals surface area contributed by atoms with E-state index in [2.05, 4.69) is 11.9 Å². The molecule has 0 unspecified atom stereocenters. The van der Waals surface area contributed by atoms with E-state index >= 15 is 0 Å². The van der Waals surface area contributed by atoms with Crippen LogP contribution in [0, 0.1) is 0 Å². The Bertz CT molecular complexity index is 240. The van der Waals surface area contributed by atoms with Crippen molar-refractivity contribution in [2.24, 2.45) is 0 Å². The zero-order chi connectivity index (χ0) is 9.54. The molecule has 0 aromatic heterocycles. The van der Waals surface area contributed by atoms with Crippen molar-refractivity contribution >= 4 is 0 Å².